The highest BCUT2D eigenvalue weighted by atomic mass is 32.2. The molecule has 0 radical (unpaired) electrons. The average molecular weight is 451 g/mol. The molecule has 7 nitrogen and oxygen atoms in total. The topological polar surface area (TPSA) is 92.8 Å². The minimum absolute atomic E-state index is 0.171. The van der Waals surface area contributed by atoms with Crippen LogP contribution in [0.25, 0.3) is 11.1 Å². The normalized spacial score (nSPS) is 13.6. The fourth-order valence-electron chi connectivity index (χ4n) is 3.65. The monoisotopic (exact) mass is 450 g/mol. The van der Waals surface area contributed by atoms with Gasteiger partial charge in [-0.25, -0.2) is 13.2 Å². The Labute approximate surface area is 186 Å². The maximum atomic E-state index is 13.3. The predicted octanol–water partition coefficient (Wildman–Crippen LogP) is 3.99. The molecule has 0 atom stereocenters. The van der Waals surface area contributed by atoms with Crippen molar-refractivity contribution < 1.29 is 22.7 Å². The summed E-state index contributed by atoms with van der Waals surface area (Å²) in [6.07, 6.45) is 0. The molecule has 0 saturated carbocycles. The summed E-state index contributed by atoms with van der Waals surface area (Å²) in [6, 6.07) is 18.5. The first-order chi connectivity index (χ1) is 15.3. The summed E-state index contributed by atoms with van der Waals surface area (Å²) >= 11 is 0. The number of nitrogens with zero attached hydrogens (tertiary/aromatic N) is 1. The molecule has 0 aliphatic carbocycles. The average Bonchev–Trinajstić information content (AvgIpc) is 2.77. The van der Waals surface area contributed by atoms with Crippen LogP contribution in [0.1, 0.15) is 22.8 Å². The van der Waals surface area contributed by atoms with Gasteiger partial charge in [0.05, 0.1) is 22.8 Å². The van der Waals surface area contributed by atoms with Crippen molar-refractivity contribution in [2.45, 2.75) is 18.7 Å². The molecule has 164 valence electrons. The summed E-state index contributed by atoms with van der Waals surface area (Å²) in [6.45, 7) is 3.54. The van der Waals surface area contributed by atoms with Crippen LogP contribution in [0.4, 0.5) is 11.4 Å². The van der Waals surface area contributed by atoms with Crippen LogP contribution >= 0.6 is 0 Å². The molecular weight excluding hydrogens is 428 g/mol. The van der Waals surface area contributed by atoms with Gasteiger partial charge in [0, 0.05) is 16.8 Å². The summed E-state index contributed by atoms with van der Waals surface area (Å²) in [5.41, 5.74) is 3.65. The molecule has 3 aromatic carbocycles. The molecule has 0 aromatic heterocycles. The van der Waals surface area contributed by atoms with Crippen LogP contribution in [-0.4, -0.2) is 33.4 Å². The van der Waals surface area contributed by atoms with Gasteiger partial charge < -0.3 is 10.1 Å². The zero-order valence-electron chi connectivity index (χ0n) is 17.7. The van der Waals surface area contributed by atoms with E-state index < -0.39 is 21.9 Å². The van der Waals surface area contributed by atoms with E-state index in [1.165, 1.54) is 0 Å². The number of amides is 1. The van der Waals surface area contributed by atoms with Gasteiger partial charge in [0.1, 0.15) is 6.54 Å². The Morgan fingerprint density at radius 3 is 2.41 bits per heavy atom. The highest BCUT2D eigenvalue weighted by Crippen LogP contribution is 2.43. The quantitative estimate of drug-likeness (QED) is 0.594. The maximum Gasteiger partial charge on any atom is 0.338 e. The molecule has 1 amide bonds. The molecular formula is C24H22N2O5S. The van der Waals surface area contributed by atoms with Crippen LogP contribution in [0.2, 0.25) is 0 Å². The SMILES string of the molecule is CCOC(=O)c1ccc(NC(=O)CN2c3ccc(C)cc3-c3ccccc3S2(=O)=O)cc1. The molecule has 3 aromatic rings. The Bertz CT molecular complexity index is 1300. The van der Waals surface area contributed by atoms with E-state index in [-0.39, 0.29) is 18.0 Å². The number of ether oxygens (including phenoxy) is 1. The van der Waals surface area contributed by atoms with E-state index in [1.807, 2.05) is 19.1 Å². The standard InChI is InChI=1S/C24H22N2O5S/c1-3-31-24(28)17-9-11-18(12-10-17)25-23(27)15-26-21-13-8-16(2)14-20(21)19-6-4-5-7-22(19)32(26,29)30/h4-14H,3,15H2,1-2H3,(H,25,27). The molecule has 1 heterocycles. The van der Waals surface area contributed by atoms with Crippen molar-refractivity contribution in [3.8, 4) is 11.1 Å². The Morgan fingerprint density at radius 2 is 1.69 bits per heavy atom. The third-order valence-electron chi connectivity index (χ3n) is 5.13. The van der Waals surface area contributed by atoms with E-state index in [9.17, 15) is 18.0 Å². The zero-order chi connectivity index (χ0) is 22.9. The van der Waals surface area contributed by atoms with Crippen molar-refractivity contribution in [3.05, 3.63) is 77.9 Å². The second kappa shape index (κ2) is 8.47. The number of carbonyl (C=O) groups is 2. The van der Waals surface area contributed by atoms with Crippen molar-refractivity contribution >= 4 is 33.3 Å². The Balaban J connectivity index is 1.60. The lowest BCUT2D eigenvalue weighted by atomic mass is 10.0. The highest BCUT2D eigenvalue weighted by Gasteiger charge is 2.35. The number of hydrogen-bond donors (Lipinski definition) is 1. The summed E-state index contributed by atoms with van der Waals surface area (Å²) in [5.74, 6) is -0.946. The predicted molar refractivity (Wildman–Crippen MR) is 122 cm³/mol. The highest BCUT2D eigenvalue weighted by molar-refractivity contribution is 7.93. The van der Waals surface area contributed by atoms with Gasteiger partial charge in [-0.2, -0.15) is 0 Å². The molecule has 0 spiro atoms. The number of rotatable bonds is 5. The fourth-order valence-corrected chi connectivity index (χ4v) is 5.30. The van der Waals surface area contributed by atoms with Crippen LogP contribution in [0.15, 0.2) is 71.6 Å². The summed E-state index contributed by atoms with van der Waals surface area (Å²) in [7, 11) is -3.91. The Hall–Kier alpha value is -3.65. The molecule has 0 unspecified atom stereocenters. The van der Waals surface area contributed by atoms with Gasteiger partial charge in [0.25, 0.3) is 10.0 Å². The zero-order valence-corrected chi connectivity index (χ0v) is 18.5. The third kappa shape index (κ3) is 3.97. The van der Waals surface area contributed by atoms with Gasteiger partial charge >= 0.3 is 5.97 Å². The molecule has 1 aliphatic heterocycles. The van der Waals surface area contributed by atoms with E-state index in [4.69, 9.17) is 4.74 Å². The molecule has 1 N–H and O–H groups in total. The number of sulfonamides is 1. The van der Waals surface area contributed by atoms with Gasteiger partial charge in [0.15, 0.2) is 0 Å². The molecule has 32 heavy (non-hydrogen) atoms. The number of carbonyl (C=O) groups excluding carboxylic acids is 2. The van der Waals surface area contributed by atoms with Crippen molar-refractivity contribution in [3.63, 3.8) is 0 Å². The number of fused-ring (bicyclic) bond motifs is 3. The maximum absolute atomic E-state index is 13.3. The van der Waals surface area contributed by atoms with Crippen molar-refractivity contribution in [1.82, 2.24) is 0 Å². The van der Waals surface area contributed by atoms with Crippen LogP contribution in [0.5, 0.6) is 0 Å². The van der Waals surface area contributed by atoms with Crippen molar-refractivity contribution in [1.29, 1.82) is 0 Å². The van der Waals surface area contributed by atoms with E-state index >= 15 is 0 Å². The lowest BCUT2D eigenvalue weighted by Gasteiger charge is -2.31. The van der Waals surface area contributed by atoms with Gasteiger partial charge in [-0.3, -0.25) is 9.10 Å². The third-order valence-corrected chi connectivity index (χ3v) is 6.95. The van der Waals surface area contributed by atoms with Crippen LogP contribution < -0.4 is 9.62 Å². The molecule has 0 fully saturated rings. The lowest BCUT2D eigenvalue weighted by molar-refractivity contribution is -0.114. The van der Waals surface area contributed by atoms with E-state index in [0.29, 0.717) is 22.5 Å². The number of hydrogen-bond acceptors (Lipinski definition) is 5. The fraction of sp³-hybridized carbons (Fsp3) is 0.167. The van der Waals surface area contributed by atoms with Crippen molar-refractivity contribution in [2.24, 2.45) is 0 Å². The molecule has 8 heteroatoms. The van der Waals surface area contributed by atoms with Gasteiger partial charge in [0.2, 0.25) is 5.91 Å². The minimum atomic E-state index is -3.91. The van der Waals surface area contributed by atoms with Gasteiger partial charge in [-0.15, -0.1) is 0 Å². The van der Waals surface area contributed by atoms with E-state index in [0.717, 1.165) is 15.4 Å². The number of benzene rings is 3. The summed E-state index contributed by atoms with van der Waals surface area (Å²) in [5, 5.41) is 2.69. The van der Waals surface area contributed by atoms with Crippen LogP contribution in [0, 0.1) is 6.92 Å². The molecule has 0 bridgehead atoms. The number of esters is 1. The first kappa shape index (κ1) is 21.6. The van der Waals surface area contributed by atoms with E-state index in [2.05, 4.69) is 5.32 Å². The Morgan fingerprint density at radius 1 is 0.969 bits per heavy atom. The van der Waals surface area contributed by atoms with Gasteiger partial charge in [-0.05, 0) is 56.3 Å². The Kier molecular flexibility index (Phi) is 5.71. The summed E-state index contributed by atoms with van der Waals surface area (Å²) in [4.78, 5) is 24.7. The van der Waals surface area contributed by atoms with Crippen LogP contribution in [0.3, 0.4) is 0 Å². The lowest BCUT2D eigenvalue weighted by Crippen LogP contribution is -2.40. The molecule has 4 rings (SSSR count). The number of anilines is 2. The number of nitrogens with one attached hydrogen (secondary N) is 1. The summed E-state index contributed by atoms with van der Waals surface area (Å²) < 4.78 is 32.7. The smallest absolute Gasteiger partial charge is 0.338 e. The van der Waals surface area contributed by atoms with Crippen LogP contribution in [-0.2, 0) is 19.6 Å². The van der Waals surface area contributed by atoms with Crippen molar-refractivity contribution in [2.75, 3.05) is 22.8 Å². The van der Waals surface area contributed by atoms with Gasteiger partial charge in [-0.1, -0.05) is 29.8 Å². The largest absolute Gasteiger partial charge is 0.462 e. The molecule has 0 saturated heterocycles. The second-order valence-corrected chi connectivity index (χ2v) is 9.21. The molecule has 1 aliphatic rings. The van der Waals surface area contributed by atoms with E-state index in [1.54, 1.807) is 61.5 Å². The first-order valence-corrected chi connectivity index (χ1v) is 11.5. The minimum Gasteiger partial charge on any atom is -0.462 e. The first-order valence-electron chi connectivity index (χ1n) is 10.1. The second-order valence-electron chi connectivity index (χ2n) is 7.37. The number of aryl methyl sites for hydroxylation is 1.